The van der Waals surface area contributed by atoms with E-state index in [-0.39, 0.29) is 0 Å². The minimum Gasteiger partial charge on any atom is -0.336 e. The minimum atomic E-state index is 0.700. The van der Waals surface area contributed by atoms with Gasteiger partial charge in [0, 0.05) is 19.6 Å². The predicted molar refractivity (Wildman–Crippen MR) is 74.3 cm³/mol. The van der Waals surface area contributed by atoms with Gasteiger partial charge in [0.25, 0.3) is 0 Å². The molecule has 0 aliphatic carbocycles. The first-order valence-electron chi connectivity index (χ1n) is 6.26. The van der Waals surface area contributed by atoms with Crippen molar-refractivity contribution in [3.63, 3.8) is 0 Å². The molecule has 4 nitrogen and oxygen atoms in total. The Morgan fingerprint density at radius 2 is 2.11 bits per heavy atom. The second kappa shape index (κ2) is 4.57. The molecule has 1 aromatic heterocycles. The Balaban J connectivity index is 1.94. The van der Waals surface area contributed by atoms with Gasteiger partial charge in [-0.3, -0.25) is 4.57 Å². The van der Waals surface area contributed by atoms with E-state index in [0.717, 1.165) is 32.0 Å². The molecule has 0 saturated carbocycles. The van der Waals surface area contributed by atoms with Crippen molar-refractivity contribution in [1.29, 1.82) is 0 Å². The highest BCUT2D eigenvalue weighted by Crippen LogP contribution is 2.22. The van der Waals surface area contributed by atoms with Gasteiger partial charge in [-0.25, -0.2) is 5.10 Å². The number of benzene rings is 1. The lowest BCUT2D eigenvalue weighted by Gasteiger charge is -2.29. The summed E-state index contributed by atoms with van der Waals surface area (Å²) in [5, 5.41) is 7.24. The molecule has 0 unspecified atom stereocenters. The van der Waals surface area contributed by atoms with Gasteiger partial charge < -0.3 is 4.90 Å². The predicted octanol–water partition coefficient (Wildman–Crippen LogP) is 2.52. The normalized spacial score (nSPS) is 14.6. The van der Waals surface area contributed by atoms with E-state index in [4.69, 9.17) is 12.2 Å². The first-order valence-corrected chi connectivity index (χ1v) is 6.67. The number of aromatic nitrogens is 3. The molecule has 0 atom stereocenters. The molecule has 0 bridgehead atoms. The monoisotopic (exact) mass is 260 g/mol. The van der Waals surface area contributed by atoms with E-state index < -0.39 is 0 Å². The fourth-order valence-electron chi connectivity index (χ4n) is 2.50. The Bertz CT molecular complexity index is 613. The van der Waals surface area contributed by atoms with Gasteiger partial charge in [0.15, 0.2) is 4.77 Å². The van der Waals surface area contributed by atoms with Crippen molar-refractivity contribution in [1.82, 2.24) is 14.8 Å². The van der Waals surface area contributed by atoms with Crippen LogP contribution in [-0.4, -0.2) is 21.3 Å². The summed E-state index contributed by atoms with van der Waals surface area (Å²) in [5.41, 5.74) is 2.84. The van der Waals surface area contributed by atoms with Crippen molar-refractivity contribution in [2.75, 3.05) is 11.4 Å². The number of hydrogen-bond acceptors (Lipinski definition) is 3. The second-order valence-electron chi connectivity index (χ2n) is 4.51. The topological polar surface area (TPSA) is 36.9 Å². The number of H-pyrrole nitrogens is 1. The number of rotatable bonds is 2. The van der Waals surface area contributed by atoms with Crippen LogP contribution in [0.1, 0.15) is 18.1 Å². The summed E-state index contributed by atoms with van der Waals surface area (Å²) < 4.78 is 2.75. The molecule has 2 aromatic rings. The van der Waals surface area contributed by atoms with Crippen LogP contribution >= 0.6 is 12.2 Å². The highest BCUT2D eigenvalue weighted by atomic mass is 32.1. The van der Waals surface area contributed by atoms with Crippen LogP contribution in [0, 0.1) is 4.77 Å². The number of fused-ring (bicyclic) bond motifs is 1. The van der Waals surface area contributed by atoms with E-state index in [1.54, 1.807) is 0 Å². The third kappa shape index (κ3) is 1.84. The standard InChI is InChI=1S/C13H16N4S/c1-2-17-12(14-15-13(17)18)16-8-7-10-5-3-4-6-11(10)9-16/h3-6H,2,7-9H2,1H3,(H,15,18). The molecule has 0 saturated heterocycles. The molecule has 1 aliphatic heterocycles. The lowest BCUT2D eigenvalue weighted by atomic mass is 10.0. The van der Waals surface area contributed by atoms with Gasteiger partial charge in [-0.05, 0) is 36.7 Å². The van der Waals surface area contributed by atoms with Gasteiger partial charge in [-0.1, -0.05) is 24.3 Å². The smallest absolute Gasteiger partial charge is 0.226 e. The van der Waals surface area contributed by atoms with Gasteiger partial charge in [-0.2, -0.15) is 0 Å². The van der Waals surface area contributed by atoms with Crippen LogP contribution in [0.4, 0.5) is 5.95 Å². The molecule has 2 heterocycles. The van der Waals surface area contributed by atoms with E-state index >= 15 is 0 Å². The molecule has 94 valence electrons. The highest BCUT2D eigenvalue weighted by molar-refractivity contribution is 7.71. The first-order chi connectivity index (χ1) is 8.79. The summed E-state index contributed by atoms with van der Waals surface area (Å²) in [6.07, 6.45) is 1.07. The van der Waals surface area contributed by atoms with Crippen molar-refractivity contribution in [3.8, 4) is 0 Å². The van der Waals surface area contributed by atoms with E-state index in [1.165, 1.54) is 11.1 Å². The Morgan fingerprint density at radius 3 is 2.89 bits per heavy atom. The van der Waals surface area contributed by atoms with Crippen LogP contribution in [0.3, 0.4) is 0 Å². The number of anilines is 1. The number of hydrogen-bond donors (Lipinski definition) is 1. The summed E-state index contributed by atoms with van der Waals surface area (Å²) in [6, 6.07) is 8.61. The Hall–Kier alpha value is -1.62. The molecule has 0 radical (unpaired) electrons. The Morgan fingerprint density at radius 1 is 1.33 bits per heavy atom. The van der Waals surface area contributed by atoms with Gasteiger partial charge in [0.1, 0.15) is 0 Å². The number of nitrogens with one attached hydrogen (secondary N) is 1. The van der Waals surface area contributed by atoms with E-state index in [1.807, 2.05) is 4.57 Å². The fraction of sp³-hybridized carbons (Fsp3) is 0.385. The zero-order valence-corrected chi connectivity index (χ0v) is 11.2. The molecular weight excluding hydrogens is 244 g/mol. The van der Waals surface area contributed by atoms with Crippen molar-refractivity contribution >= 4 is 18.2 Å². The van der Waals surface area contributed by atoms with E-state index in [9.17, 15) is 0 Å². The largest absolute Gasteiger partial charge is 0.336 e. The van der Waals surface area contributed by atoms with Gasteiger partial charge in [0.2, 0.25) is 5.95 Å². The van der Waals surface area contributed by atoms with Crippen LogP contribution in [-0.2, 0) is 19.5 Å². The van der Waals surface area contributed by atoms with Crippen LogP contribution in [0.25, 0.3) is 0 Å². The molecule has 5 heteroatoms. The maximum atomic E-state index is 5.24. The van der Waals surface area contributed by atoms with Gasteiger partial charge >= 0.3 is 0 Å². The zero-order chi connectivity index (χ0) is 12.5. The van der Waals surface area contributed by atoms with Crippen LogP contribution in [0.2, 0.25) is 0 Å². The SMILES string of the molecule is CCn1c(N2CCc3ccccc3C2)n[nH]c1=S. The summed E-state index contributed by atoms with van der Waals surface area (Å²) in [7, 11) is 0. The minimum absolute atomic E-state index is 0.700. The first kappa shape index (κ1) is 11.5. The van der Waals surface area contributed by atoms with Crippen LogP contribution in [0.5, 0.6) is 0 Å². The quantitative estimate of drug-likeness (QED) is 0.843. The second-order valence-corrected chi connectivity index (χ2v) is 4.90. The van der Waals surface area contributed by atoms with Gasteiger partial charge in [-0.15, -0.1) is 5.10 Å². The number of aromatic amines is 1. The highest BCUT2D eigenvalue weighted by Gasteiger charge is 2.19. The maximum absolute atomic E-state index is 5.24. The molecule has 1 aromatic carbocycles. The maximum Gasteiger partial charge on any atom is 0.226 e. The third-order valence-corrected chi connectivity index (χ3v) is 3.78. The lowest BCUT2D eigenvalue weighted by molar-refractivity contribution is 0.658. The summed E-state index contributed by atoms with van der Waals surface area (Å²) in [5.74, 6) is 0.956. The fourth-order valence-corrected chi connectivity index (χ4v) is 2.76. The van der Waals surface area contributed by atoms with E-state index in [2.05, 4.69) is 46.3 Å². The average Bonchev–Trinajstić information content (AvgIpc) is 2.79. The summed E-state index contributed by atoms with van der Waals surface area (Å²) in [4.78, 5) is 2.29. The summed E-state index contributed by atoms with van der Waals surface area (Å²) in [6.45, 7) is 4.85. The molecule has 1 aliphatic rings. The molecule has 1 N–H and O–H groups in total. The van der Waals surface area contributed by atoms with Crippen molar-refractivity contribution < 1.29 is 0 Å². The summed E-state index contributed by atoms with van der Waals surface area (Å²) >= 11 is 5.24. The van der Waals surface area contributed by atoms with Crippen LogP contribution < -0.4 is 4.90 Å². The van der Waals surface area contributed by atoms with Crippen molar-refractivity contribution in [2.45, 2.75) is 26.4 Å². The molecule has 0 spiro atoms. The number of nitrogens with zero attached hydrogens (tertiary/aromatic N) is 3. The van der Waals surface area contributed by atoms with Crippen molar-refractivity contribution in [2.24, 2.45) is 0 Å². The van der Waals surface area contributed by atoms with Crippen LogP contribution in [0.15, 0.2) is 24.3 Å². The third-order valence-electron chi connectivity index (χ3n) is 3.47. The lowest BCUT2D eigenvalue weighted by Crippen LogP contribution is -2.32. The van der Waals surface area contributed by atoms with E-state index in [0.29, 0.717) is 4.77 Å². The Labute approximate surface area is 111 Å². The Kier molecular flexibility index (Phi) is 2.91. The van der Waals surface area contributed by atoms with Crippen molar-refractivity contribution in [3.05, 3.63) is 40.2 Å². The molecule has 18 heavy (non-hydrogen) atoms. The average molecular weight is 260 g/mol. The zero-order valence-electron chi connectivity index (χ0n) is 10.4. The van der Waals surface area contributed by atoms with Gasteiger partial charge in [0.05, 0.1) is 0 Å². The molecule has 0 amide bonds. The molecule has 0 fully saturated rings. The molecular formula is C13H16N4S. The molecule has 3 rings (SSSR count).